The van der Waals surface area contributed by atoms with E-state index in [4.69, 9.17) is 6.48 Å². The minimum atomic E-state index is -0.932. The smallest absolute Gasteiger partial charge is 0.303 e. The first-order chi connectivity index (χ1) is 5.70. The first kappa shape index (κ1) is 6.40. The molecule has 0 saturated carbocycles. The zero-order chi connectivity index (χ0) is 8.97. The number of benzene rings is 1. The molecule has 1 aromatic carbocycles. The maximum absolute atomic E-state index is 10.3. The lowest BCUT2D eigenvalue weighted by molar-refractivity contribution is -0.136. The van der Waals surface area contributed by atoms with Crippen molar-refractivity contribution < 1.29 is 11.3 Å². The van der Waals surface area contributed by atoms with Crippen molar-refractivity contribution >= 4 is 5.97 Å². The summed E-state index contributed by atoms with van der Waals surface area (Å²) in [5.41, 5.74) is 0.750. The van der Waals surface area contributed by atoms with Crippen molar-refractivity contribution in [1.82, 2.24) is 0 Å². The molecule has 0 aliphatic carbocycles. The molecule has 2 nitrogen and oxygen atoms in total. The highest BCUT2D eigenvalue weighted by molar-refractivity contribution is 5.67. The average Bonchev–Trinajstić information content (AvgIpc) is 2.05. The van der Waals surface area contributed by atoms with Gasteiger partial charge >= 0.3 is 5.97 Å². The number of carboxylic acids is 1. The van der Waals surface area contributed by atoms with E-state index in [0.717, 1.165) is 5.56 Å². The van der Waals surface area contributed by atoms with E-state index in [-0.39, 0.29) is 6.42 Å². The number of rotatable bonds is 3. The number of aryl methyl sites for hydroxylation is 1. The molecule has 1 rings (SSSR count). The summed E-state index contributed by atoms with van der Waals surface area (Å²) >= 11 is 0. The van der Waals surface area contributed by atoms with Crippen molar-refractivity contribution in [2.45, 2.75) is 12.8 Å². The van der Waals surface area contributed by atoms with Crippen LogP contribution in [0.3, 0.4) is 0 Å². The first-order valence-electron chi connectivity index (χ1n) is 3.97. The molecule has 0 spiro atoms. The molecule has 0 aromatic heterocycles. The highest BCUT2D eigenvalue weighted by Gasteiger charge is 1.96. The number of carbonyl (C=O) groups is 1. The van der Waals surface area contributed by atoms with Gasteiger partial charge in [-0.05, 0) is 12.0 Å². The largest absolute Gasteiger partial charge is 0.481 e. The summed E-state index contributed by atoms with van der Waals surface area (Å²) in [7, 11) is 0. The van der Waals surface area contributed by atoms with Gasteiger partial charge in [0.05, 0.1) is 0 Å². The third-order valence-corrected chi connectivity index (χ3v) is 1.31. The molecule has 2 heteroatoms. The lowest BCUT2D eigenvalue weighted by Crippen LogP contribution is -1.96. The topological polar surface area (TPSA) is 37.3 Å². The summed E-state index contributed by atoms with van der Waals surface area (Å²) < 4.78 is 7.46. The van der Waals surface area contributed by atoms with Crippen LogP contribution in [0.4, 0.5) is 0 Å². The molecular weight excluding hydrogens is 140 g/mol. The zero-order valence-corrected chi connectivity index (χ0v) is 6.03. The summed E-state index contributed by atoms with van der Waals surface area (Å²) in [5, 5.41) is 8.43. The quantitative estimate of drug-likeness (QED) is 0.714. The molecule has 0 aliphatic rings. The lowest BCUT2D eigenvalue weighted by atomic mass is 10.1. The van der Waals surface area contributed by atoms with Gasteiger partial charge in [0.15, 0.2) is 0 Å². The van der Waals surface area contributed by atoms with Gasteiger partial charge in [0.2, 0.25) is 0 Å². The molecule has 58 valence electrons. The van der Waals surface area contributed by atoms with Crippen LogP contribution in [0.1, 0.15) is 13.4 Å². The van der Waals surface area contributed by atoms with E-state index in [0.29, 0.717) is 0 Å². The van der Waals surface area contributed by atoms with E-state index in [1.807, 2.05) is 6.07 Å². The van der Waals surface area contributed by atoms with E-state index in [1.165, 1.54) is 0 Å². The molecule has 0 bridgehead atoms. The van der Waals surface area contributed by atoms with Crippen molar-refractivity contribution in [3.05, 3.63) is 35.9 Å². The van der Waals surface area contributed by atoms with Crippen LogP contribution < -0.4 is 0 Å². The maximum Gasteiger partial charge on any atom is 0.303 e. The molecule has 1 aromatic rings. The van der Waals surface area contributed by atoms with Crippen LogP contribution >= 0.6 is 0 Å². The summed E-state index contributed by atoms with van der Waals surface area (Å²) in [6.45, 7) is 0. The van der Waals surface area contributed by atoms with Crippen molar-refractivity contribution in [1.29, 1.82) is 0 Å². The molecule has 0 fully saturated rings. The molecule has 0 radical (unpaired) electrons. The molecule has 1 N–H and O–H groups in total. The Bertz CT molecular complexity index is 258. The number of hydrogen-bond acceptors (Lipinski definition) is 1. The number of aliphatic carboxylic acids is 1. The number of carboxylic acid groups (broad SMARTS) is 1. The minimum absolute atomic E-state index is 0.135. The molecule has 0 aliphatic heterocycles. The van der Waals surface area contributed by atoms with Gasteiger partial charge in [0, 0.05) is 7.79 Å². The van der Waals surface area contributed by atoms with Crippen molar-refractivity contribution in [3.8, 4) is 0 Å². The second-order valence-electron chi connectivity index (χ2n) is 2.21. The van der Waals surface area contributed by atoms with Gasteiger partial charge in [-0.15, -0.1) is 0 Å². The van der Waals surface area contributed by atoms with Crippen LogP contribution in [-0.4, -0.2) is 11.1 Å². The average molecular weight is 151 g/mol. The predicted octanol–water partition coefficient (Wildman–Crippen LogP) is 1.70. The highest BCUT2D eigenvalue weighted by Crippen LogP contribution is 2.01. The van der Waals surface area contributed by atoms with Gasteiger partial charge in [-0.3, -0.25) is 4.79 Å². The summed E-state index contributed by atoms with van der Waals surface area (Å²) in [4.78, 5) is 10.3. The Hall–Kier alpha value is -1.31. The van der Waals surface area contributed by atoms with Gasteiger partial charge in [0.25, 0.3) is 0 Å². The SMILES string of the molecule is [2H]C(CC(=O)O)c1ccccc1. The fourth-order valence-corrected chi connectivity index (χ4v) is 0.794. The van der Waals surface area contributed by atoms with Crippen LogP contribution in [0.5, 0.6) is 0 Å². The van der Waals surface area contributed by atoms with Gasteiger partial charge in [-0.1, -0.05) is 30.3 Å². The maximum atomic E-state index is 10.3. The lowest BCUT2D eigenvalue weighted by Gasteiger charge is -1.95. The standard InChI is InChI=1S/C9H10O2/c10-9(11)7-6-8-4-2-1-3-5-8/h1-5H,6-7H2,(H,10,11)/i6D. The van der Waals surface area contributed by atoms with E-state index >= 15 is 0 Å². The normalized spacial score (nSPS) is 13.6. The summed E-state index contributed by atoms with van der Waals surface area (Å²) in [6, 6.07) is 8.98. The number of hydrogen-bond donors (Lipinski definition) is 1. The third kappa shape index (κ3) is 2.85. The Kier molecular flexibility index (Phi) is 2.19. The molecule has 1 unspecified atom stereocenters. The van der Waals surface area contributed by atoms with Crippen LogP contribution in [0, 0.1) is 0 Å². The van der Waals surface area contributed by atoms with Gasteiger partial charge in [0.1, 0.15) is 0 Å². The fourth-order valence-electron chi connectivity index (χ4n) is 0.794. The van der Waals surface area contributed by atoms with Crippen molar-refractivity contribution in [3.63, 3.8) is 0 Å². The highest BCUT2D eigenvalue weighted by atomic mass is 16.4. The van der Waals surface area contributed by atoms with Gasteiger partial charge < -0.3 is 5.11 Å². The zero-order valence-electron chi connectivity index (χ0n) is 7.03. The van der Waals surface area contributed by atoms with Crippen LogP contribution in [0.2, 0.25) is 0 Å². The molecular formula is C9H10O2. The molecule has 11 heavy (non-hydrogen) atoms. The van der Waals surface area contributed by atoms with E-state index in [9.17, 15) is 4.79 Å². The second kappa shape index (κ2) is 3.76. The summed E-state index contributed by atoms with van der Waals surface area (Å²) in [6.07, 6.45) is -0.784. The molecule has 0 saturated heterocycles. The first-order valence-corrected chi connectivity index (χ1v) is 3.39. The van der Waals surface area contributed by atoms with Gasteiger partial charge in [-0.2, -0.15) is 0 Å². The molecule has 0 amide bonds. The van der Waals surface area contributed by atoms with Crippen molar-refractivity contribution in [2.24, 2.45) is 0 Å². The summed E-state index contributed by atoms with van der Waals surface area (Å²) in [5.74, 6) is -0.932. The van der Waals surface area contributed by atoms with E-state index in [2.05, 4.69) is 0 Å². The van der Waals surface area contributed by atoms with Crippen molar-refractivity contribution in [2.75, 3.05) is 0 Å². The van der Waals surface area contributed by atoms with E-state index in [1.54, 1.807) is 24.3 Å². The predicted molar refractivity (Wildman–Crippen MR) is 42.4 cm³/mol. The van der Waals surface area contributed by atoms with E-state index < -0.39 is 12.4 Å². The Labute approximate surface area is 66.9 Å². The monoisotopic (exact) mass is 151 g/mol. The fraction of sp³-hybridized carbons (Fsp3) is 0.222. The Morgan fingerprint density at radius 2 is 2.09 bits per heavy atom. The minimum Gasteiger partial charge on any atom is -0.481 e. The van der Waals surface area contributed by atoms with Crippen LogP contribution in [0.15, 0.2) is 30.3 Å². The third-order valence-electron chi connectivity index (χ3n) is 1.31. The van der Waals surface area contributed by atoms with Crippen LogP contribution in [0.25, 0.3) is 0 Å². The second-order valence-corrected chi connectivity index (χ2v) is 2.21. The van der Waals surface area contributed by atoms with Gasteiger partial charge in [-0.25, -0.2) is 0 Å². The Morgan fingerprint density at radius 3 is 2.64 bits per heavy atom. The van der Waals surface area contributed by atoms with Crippen LogP contribution in [-0.2, 0) is 11.2 Å². The molecule has 0 heterocycles. The Morgan fingerprint density at radius 1 is 1.45 bits per heavy atom. The Balaban J connectivity index is 2.65. The molecule has 1 atom stereocenters.